The molecule has 2 aromatic carbocycles. The van der Waals surface area contributed by atoms with Crippen LogP contribution >= 0.6 is 0 Å². The van der Waals surface area contributed by atoms with Crippen LogP contribution in [0, 0.1) is 0 Å². The number of benzene rings is 2. The van der Waals surface area contributed by atoms with Crippen LogP contribution in [-0.4, -0.2) is 4.98 Å². The van der Waals surface area contributed by atoms with Crippen LogP contribution in [0.2, 0.25) is 0 Å². The number of nitrogens with one attached hydrogen (secondary N) is 1. The molecule has 1 N–H and O–H groups in total. The third kappa shape index (κ3) is 2.21. The van der Waals surface area contributed by atoms with Crippen LogP contribution in [0.1, 0.15) is 5.56 Å². The van der Waals surface area contributed by atoms with E-state index in [0.717, 1.165) is 34.2 Å². The molecule has 4 heteroatoms. The lowest BCUT2D eigenvalue weighted by atomic mass is 10.0. The Morgan fingerprint density at radius 2 is 1.47 bits per heavy atom. The van der Waals surface area contributed by atoms with Crippen LogP contribution in [0.3, 0.4) is 0 Å². The van der Waals surface area contributed by atoms with Crippen molar-refractivity contribution in [3.8, 4) is 11.1 Å². The molecule has 0 saturated heterocycles. The summed E-state index contributed by atoms with van der Waals surface area (Å²) in [4.78, 5) is 3.09. The Balaban J connectivity index is 2.01. The maximum absolute atomic E-state index is 12.5. The lowest BCUT2D eigenvalue weighted by Crippen LogP contribution is -2.03. The topological polar surface area (TPSA) is 15.8 Å². The van der Waals surface area contributed by atoms with Crippen molar-refractivity contribution >= 4 is 10.9 Å². The molecule has 0 spiro atoms. The summed E-state index contributed by atoms with van der Waals surface area (Å²) < 4.78 is 37.5. The fraction of sp³-hybridized carbons (Fsp3) is 0.0667. The van der Waals surface area contributed by atoms with Gasteiger partial charge in [-0.3, -0.25) is 0 Å². The van der Waals surface area contributed by atoms with E-state index >= 15 is 0 Å². The van der Waals surface area contributed by atoms with E-state index in [4.69, 9.17) is 0 Å². The first-order valence-electron chi connectivity index (χ1n) is 5.79. The summed E-state index contributed by atoms with van der Waals surface area (Å²) in [7, 11) is 0. The van der Waals surface area contributed by atoms with Crippen LogP contribution in [0.5, 0.6) is 0 Å². The second-order valence-corrected chi connectivity index (χ2v) is 4.35. The highest BCUT2D eigenvalue weighted by Crippen LogP contribution is 2.31. The van der Waals surface area contributed by atoms with Crippen molar-refractivity contribution in [3.63, 3.8) is 0 Å². The highest BCUT2D eigenvalue weighted by Gasteiger charge is 2.29. The van der Waals surface area contributed by atoms with Gasteiger partial charge in [0.05, 0.1) is 5.56 Å². The average Bonchev–Trinajstić information content (AvgIpc) is 2.85. The van der Waals surface area contributed by atoms with E-state index in [-0.39, 0.29) is 0 Å². The van der Waals surface area contributed by atoms with Gasteiger partial charge in [0, 0.05) is 11.7 Å². The van der Waals surface area contributed by atoms with Gasteiger partial charge in [-0.15, -0.1) is 0 Å². The minimum atomic E-state index is -4.29. The van der Waals surface area contributed by atoms with Crippen LogP contribution in [0.15, 0.2) is 54.7 Å². The predicted octanol–water partition coefficient (Wildman–Crippen LogP) is 4.85. The molecule has 3 rings (SSSR count). The van der Waals surface area contributed by atoms with Crippen molar-refractivity contribution in [2.24, 2.45) is 0 Å². The molecule has 0 amide bonds. The van der Waals surface area contributed by atoms with Gasteiger partial charge in [0.15, 0.2) is 0 Å². The molecule has 1 nitrogen and oxygen atoms in total. The highest BCUT2D eigenvalue weighted by molar-refractivity contribution is 5.84. The van der Waals surface area contributed by atoms with Crippen LogP contribution < -0.4 is 0 Å². The summed E-state index contributed by atoms with van der Waals surface area (Å²) in [6.07, 6.45) is -2.46. The maximum Gasteiger partial charge on any atom is 0.416 e. The van der Waals surface area contributed by atoms with E-state index in [1.807, 2.05) is 30.5 Å². The zero-order chi connectivity index (χ0) is 13.5. The Labute approximate surface area is 107 Å². The molecule has 3 aromatic rings. The fourth-order valence-corrected chi connectivity index (χ4v) is 2.08. The highest BCUT2D eigenvalue weighted by atomic mass is 19.4. The summed E-state index contributed by atoms with van der Waals surface area (Å²) in [6.45, 7) is 0. The number of hydrogen-bond acceptors (Lipinski definition) is 0. The molecule has 1 aromatic heterocycles. The van der Waals surface area contributed by atoms with Gasteiger partial charge >= 0.3 is 6.18 Å². The third-order valence-corrected chi connectivity index (χ3v) is 3.10. The average molecular weight is 261 g/mol. The Hall–Kier alpha value is -2.23. The number of hydrogen-bond donors (Lipinski definition) is 1. The largest absolute Gasteiger partial charge is 0.416 e. The first-order chi connectivity index (χ1) is 9.04. The van der Waals surface area contributed by atoms with E-state index in [1.165, 1.54) is 12.1 Å². The third-order valence-electron chi connectivity index (χ3n) is 3.10. The van der Waals surface area contributed by atoms with E-state index in [9.17, 15) is 13.2 Å². The number of H-pyrrole nitrogens is 1. The monoisotopic (exact) mass is 261 g/mol. The molecule has 0 bridgehead atoms. The molecule has 0 aliphatic carbocycles. The number of fused-ring (bicyclic) bond motifs is 1. The van der Waals surface area contributed by atoms with Gasteiger partial charge < -0.3 is 4.98 Å². The number of halogens is 3. The number of rotatable bonds is 1. The molecule has 0 radical (unpaired) electrons. The first-order valence-corrected chi connectivity index (χ1v) is 5.79. The van der Waals surface area contributed by atoms with Gasteiger partial charge in [0.1, 0.15) is 0 Å². The summed E-state index contributed by atoms with van der Waals surface area (Å²) in [5, 5.41) is 1.08. The quantitative estimate of drug-likeness (QED) is 0.644. The van der Waals surface area contributed by atoms with Gasteiger partial charge in [-0.25, -0.2) is 0 Å². The molecule has 0 unspecified atom stereocenters. The van der Waals surface area contributed by atoms with Crippen molar-refractivity contribution in [3.05, 3.63) is 60.3 Å². The maximum atomic E-state index is 12.5. The molecule has 1 heterocycles. The molecule has 0 aliphatic rings. The minimum absolute atomic E-state index is 0.628. The first kappa shape index (κ1) is 11.8. The summed E-state index contributed by atoms with van der Waals surface area (Å²) in [6, 6.07) is 12.9. The molecule has 19 heavy (non-hydrogen) atoms. The lowest BCUT2D eigenvalue weighted by molar-refractivity contribution is -0.137. The zero-order valence-electron chi connectivity index (χ0n) is 9.83. The number of aromatic amines is 1. The molecular formula is C15H10F3N. The van der Waals surface area contributed by atoms with Crippen molar-refractivity contribution in [2.75, 3.05) is 0 Å². The Morgan fingerprint density at radius 3 is 2.16 bits per heavy atom. The Morgan fingerprint density at radius 1 is 0.789 bits per heavy atom. The summed E-state index contributed by atoms with van der Waals surface area (Å²) >= 11 is 0. The predicted molar refractivity (Wildman–Crippen MR) is 68.7 cm³/mol. The molecule has 96 valence electrons. The van der Waals surface area contributed by atoms with Gasteiger partial charge in [-0.05, 0) is 40.8 Å². The molecule has 0 fully saturated rings. The Kier molecular flexibility index (Phi) is 2.59. The summed E-state index contributed by atoms with van der Waals surface area (Å²) in [5.74, 6) is 0. The van der Waals surface area contributed by atoms with Crippen LogP contribution in [0.25, 0.3) is 22.0 Å². The summed E-state index contributed by atoms with van der Waals surface area (Å²) in [5.41, 5.74) is 2.00. The second-order valence-electron chi connectivity index (χ2n) is 4.35. The Bertz CT molecular complexity index is 708. The van der Waals surface area contributed by atoms with E-state index in [0.29, 0.717) is 0 Å². The molecule has 0 aliphatic heterocycles. The minimum Gasteiger partial charge on any atom is -0.361 e. The van der Waals surface area contributed by atoms with Crippen molar-refractivity contribution < 1.29 is 13.2 Å². The molecule has 0 saturated carbocycles. The van der Waals surface area contributed by atoms with Crippen molar-refractivity contribution in [1.82, 2.24) is 4.98 Å². The van der Waals surface area contributed by atoms with E-state index < -0.39 is 11.7 Å². The lowest BCUT2D eigenvalue weighted by Gasteiger charge is -2.08. The second kappa shape index (κ2) is 4.16. The molecular weight excluding hydrogens is 251 g/mol. The SMILES string of the molecule is FC(F)(F)c1ccc(-c2ccc3cc[nH]c3c2)cc1. The van der Waals surface area contributed by atoms with Crippen LogP contribution in [-0.2, 0) is 6.18 Å². The van der Waals surface area contributed by atoms with E-state index in [1.54, 1.807) is 0 Å². The van der Waals surface area contributed by atoms with Crippen molar-refractivity contribution in [2.45, 2.75) is 6.18 Å². The van der Waals surface area contributed by atoms with Gasteiger partial charge in [0.25, 0.3) is 0 Å². The fourth-order valence-electron chi connectivity index (χ4n) is 2.08. The molecule has 0 atom stereocenters. The van der Waals surface area contributed by atoms with E-state index in [2.05, 4.69) is 4.98 Å². The number of aromatic nitrogens is 1. The van der Waals surface area contributed by atoms with Crippen LogP contribution in [0.4, 0.5) is 13.2 Å². The van der Waals surface area contributed by atoms with Crippen molar-refractivity contribution in [1.29, 1.82) is 0 Å². The van der Waals surface area contributed by atoms with Gasteiger partial charge in [0.2, 0.25) is 0 Å². The van der Waals surface area contributed by atoms with Gasteiger partial charge in [-0.1, -0.05) is 24.3 Å². The standard InChI is InChI=1S/C15H10F3N/c16-15(17,18)13-5-3-10(4-6-13)12-2-1-11-7-8-19-14(11)9-12/h1-9,19H. The normalized spacial score (nSPS) is 11.9. The van der Waals surface area contributed by atoms with Gasteiger partial charge in [-0.2, -0.15) is 13.2 Å². The smallest absolute Gasteiger partial charge is 0.361 e. The zero-order valence-corrected chi connectivity index (χ0v) is 9.83. The number of alkyl halides is 3.